The van der Waals surface area contributed by atoms with Crippen LogP contribution in [-0.2, 0) is 22.6 Å². The maximum Gasteiger partial charge on any atom is 0.254 e. The molecule has 0 atom stereocenters. The zero-order valence-electron chi connectivity index (χ0n) is 15.1. The van der Waals surface area contributed by atoms with Gasteiger partial charge in [0.25, 0.3) is 5.91 Å². The number of hydrogen-bond acceptors (Lipinski definition) is 4. The Hall–Kier alpha value is -3.67. The first-order valence-corrected chi connectivity index (χ1v) is 8.99. The fourth-order valence-corrected chi connectivity index (χ4v) is 3.29. The van der Waals surface area contributed by atoms with Crippen molar-refractivity contribution in [3.05, 3.63) is 89.0 Å². The van der Waals surface area contributed by atoms with E-state index in [2.05, 4.69) is 10.3 Å². The lowest BCUT2D eigenvalue weighted by Crippen LogP contribution is -2.19. The second-order valence-corrected chi connectivity index (χ2v) is 6.76. The van der Waals surface area contributed by atoms with Crippen molar-refractivity contribution in [1.82, 2.24) is 14.9 Å². The van der Waals surface area contributed by atoms with Gasteiger partial charge in [-0.1, -0.05) is 42.5 Å². The second-order valence-electron chi connectivity index (χ2n) is 6.76. The second kappa shape index (κ2) is 7.52. The third-order valence-electron chi connectivity index (χ3n) is 4.64. The van der Waals surface area contributed by atoms with Crippen LogP contribution in [0, 0.1) is 0 Å². The highest BCUT2D eigenvalue weighted by Gasteiger charge is 2.25. The van der Waals surface area contributed by atoms with Crippen molar-refractivity contribution in [2.45, 2.75) is 19.4 Å². The summed E-state index contributed by atoms with van der Waals surface area (Å²) in [4.78, 5) is 28.1. The molecule has 2 aromatic carbocycles. The summed E-state index contributed by atoms with van der Waals surface area (Å²) in [6.07, 6.45) is 4.15. The van der Waals surface area contributed by atoms with E-state index in [-0.39, 0.29) is 24.0 Å². The number of amides is 2. The standard InChI is InChI=1S/C22H19N3O3/c26-18-8-4-7-16(9-18)13-25-14-23-19(10-15-5-2-1-3-6-15)20(25)11-17-12-21(27)24-22(17)28/h1-9,11,14,26H,10,12-13H2,(H,24,27,28)/b17-11+. The van der Waals surface area contributed by atoms with Gasteiger partial charge in [0.1, 0.15) is 5.75 Å². The van der Waals surface area contributed by atoms with Crippen LogP contribution >= 0.6 is 0 Å². The summed E-state index contributed by atoms with van der Waals surface area (Å²) >= 11 is 0. The Morgan fingerprint density at radius 3 is 2.57 bits per heavy atom. The van der Waals surface area contributed by atoms with E-state index < -0.39 is 0 Å². The Balaban J connectivity index is 1.72. The van der Waals surface area contributed by atoms with Crippen LogP contribution in [0.1, 0.15) is 28.9 Å². The molecular formula is C22H19N3O3. The van der Waals surface area contributed by atoms with E-state index in [1.54, 1.807) is 30.6 Å². The van der Waals surface area contributed by atoms with Gasteiger partial charge in [-0.25, -0.2) is 4.98 Å². The monoisotopic (exact) mass is 373 g/mol. The Morgan fingerprint density at radius 1 is 1.07 bits per heavy atom. The van der Waals surface area contributed by atoms with Gasteiger partial charge in [0.05, 0.1) is 24.1 Å². The fraction of sp³-hybridized carbons (Fsp3) is 0.136. The van der Waals surface area contributed by atoms with Gasteiger partial charge in [-0.2, -0.15) is 0 Å². The molecule has 1 aromatic heterocycles. The van der Waals surface area contributed by atoms with E-state index in [1.165, 1.54) is 0 Å². The number of nitrogens with one attached hydrogen (secondary N) is 1. The normalized spacial score (nSPS) is 15.2. The largest absolute Gasteiger partial charge is 0.508 e. The molecule has 6 heteroatoms. The Morgan fingerprint density at radius 2 is 1.86 bits per heavy atom. The summed E-state index contributed by atoms with van der Waals surface area (Å²) in [5.74, 6) is -0.455. The molecule has 2 N–H and O–H groups in total. The predicted molar refractivity (Wildman–Crippen MR) is 104 cm³/mol. The van der Waals surface area contributed by atoms with Gasteiger partial charge < -0.3 is 9.67 Å². The lowest BCUT2D eigenvalue weighted by atomic mass is 10.1. The van der Waals surface area contributed by atoms with Gasteiger partial charge in [0.15, 0.2) is 0 Å². The number of aromatic nitrogens is 2. The van der Waals surface area contributed by atoms with Crippen molar-refractivity contribution in [2.75, 3.05) is 0 Å². The van der Waals surface area contributed by atoms with Crippen molar-refractivity contribution in [3.63, 3.8) is 0 Å². The van der Waals surface area contributed by atoms with Gasteiger partial charge in [0, 0.05) is 18.5 Å². The first kappa shape index (κ1) is 17.7. The number of imide groups is 1. The number of imidazole rings is 1. The van der Waals surface area contributed by atoms with Gasteiger partial charge in [0.2, 0.25) is 5.91 Å². The molecule has 0 aliphatic carbocycles. The maximum atomic E-state index is 12.0. The van der Waals surface area contributed by atoms with Crippen LogP contribution < -0.4 is 5.32 Å². The van der Waals surface area contributed by atoms with Crippen LogP contribution in [0.4, 0.5) is 0 Å². The van der Waals surface area contributed by atoms with Crippen LogP contribution in [0.5, 0.6) is 5.75 Å². The fourth-order valence-electron chi connectivity index (χ4n) is 3.29. The van der Waals surface area contributed by atoms with E-state index in [4.69, 9.17) is 0 Å². The molecule has 1 aliphatic heterocycles. The van der Waals surface area contributed by atoms with Crippen LogP contribution in [0.2, 0.25) is 0 Å². The topological polar surface area (TPSA) is 84.2 Å². The lowest BCUT2D eigenvalue weighted by molar-refractivity contribution is -0.124. The molecule has 0 spiro atoms. The summed E-state index contributed by atoms with van der Waals surface area (Å²) in [5, 5.41) is 12.0. The maximum absolute atomic E-state index is 12.0. The highest BCUT2D eigenvalue weighted by Crippen LogP contribution is 2.22. The lowest BCUT2D eigenvalue weighted by Gasteiger charge is -2.09. The zero-order valence-corrected chi connectivity index (χ0v) is 15.1. The Bertz CT molecular complexity index is 1070. The van der Waals surface area contributed by atoms with E-state index >= 15 is 0 Å². The van der Waals surface area contributed by atoms with Crippen molar-refractivity contribution < 1.29 is 14.7 Å². The molecule has 6 nitrogen and oxygen atoms in total. The molecule has 140 valence electrons. The Labute approximate surface area is 162 Å². The molecule has 2 amide bonds. The summed E-state index contributed by atoms with van der Waals surface area (Å²) in [5.41, 5.74) is 4.06. The SMILES string of the molecule is O=C1C/C(=C\c2c(Cc3ccccc3)ncn2Cc2cccc(O)c2)C(=O)N1. The summed E-state index contributed by atoms with van der Waals surface area (Å²) in [7, 11) is 0. The number of benzene rings is 2. The molecule has 0 saturated carbocycles. The highest BCUT2D eigenvalue weighted by molar-refractivity contribution is 6.15. The minimum absolute atomic E-state index is 0.0704. The number of carbonyl (C=O) groups excluding carboxylic acids is 2. The van der Waals surface area contributed by atoms with Crippen LogP contribution in [0.25, 0.3) is 6.08 Å². The highest BCUT2D eigenvalue weighted by atomic mass is 16.3. The summed E-state index contributed by atoms with van der Waals surface area (Å²) in [6, 6.07) is 17.0. The number of nitrogens with zero attached hydrogens (tertiary/aromatic N) is 2. The molecule has 1 fully saturated rings. The molecule has 2 heterocycles. The van der Waals surface area contributed by atoms with E-state index in [1.807, 2.05) is 41.0 Å². The van der Waals surface area contributed by atoms with Gasteiger partial charge in [-0.15, -0.1) is 0 Å². The number of hydrogen-bond donors (Lipinski definition) is 2. The minimum Gasteiger partial charge on any atom is -0.508 e. The number of aromatic hydroxyl groups is 1. The number of rotatable bonds is 5. The molecule has 3 aromatic rings. The molecular weight excluding hydrogens is 354 g/mol. The van der Waals surface area contributed by atoms with Crippen molar-refractivity contribution >= 4 is 17.9 Å². The van der Waals surface area contributed by atoms with Gasteiger partial charge >= 0.3 is 0 Å². The third-order valence-corrected chi connectivity index (χ3v) is 4.64. The average molecular weight is 373 g/mol. The predicted octanol–water partition coefficient (Wildman–Crippen LogP) is 2.66. The zero-order chi connectivity index (χ0) is 19.5. The number of phenols is 1. The van der Waals surface area contributed by atoms with Crippen molar-refractivity contribution in [3.8, 4) is 5.75 Å². The first-order chi connectivity index (χ1) is 13.6. The molecule has 1 saturated heterocycles. The smallest absolute Gasteiger partial charge is 0.254 e. The van der Waals surface area contributed by atoms with Crippen LogP contribution in [0.3, 0.4) is 0 Å². The van der Waals surface area contributed by atoms with E-state index in [0.717, 1.165) is 22.5 Å². The molecule has 4 rings (SSSR count). The number of carbonyl (C=O) groups is 2. The molecule has 0 radical (unpaired) electrons. The minimum atomic E-state index is -0.360. The van der Waals surface area contributed by atoms with E-state index in [9.17, 15) is 14.7 Å². The van der Waals surface area contributed by atoms with Gasteiger partial charge in [-0.05, 0) is 29.3 Å². The average Bonchev–Trinajstić information content (AvgIpc) is 3.19. The van der Waals surface area contributed by atoms with Crippen molar-refractivity contribution in [1.29, 1.82) is 0 Å². The van der Waals surface area contributed by atoms with Crippen LogP contribution in [-0.4, -0.2) is 26.5 Å². The summed E-state index contributed by atoms with van der Waals surface area (Å²) < 4.78 is 1.93. The molecule has 0 bridgehead atoms. The first-order valence-electron chi connectivity index (χ1n) is 8.99. The molecule has 1 aliphatic rings. The molecule has 28 heavy (non-hydrogen) atoms. The quantitative estimate of drug-likeness (QED) is 0.532. The summed E-state index contributed by atoms with van der Waals surface area (Å²) in [6.45, 7) is 0.491. The third kappa shape index (κ3) is 3.86. The molecule has 0 unspecified atom stereocenters. The number of phenolic OH excluding ortho intramolecular Hbond substituents is 1. The van der Waals surface area contributed by atoms with Crippen molar-refractivity contribution in [2.24, 2.45) is 0 Å². The Kier molecular flexibility index (Phi) is 4.76. The van der Waals surface area contributed by atoms with E-state index in [0.29, 0.717) is 18.5 Å². The van der Waals surface area contributed by atoms with Gasteiger partial charge in [-0.3, -0.25) is 14.9 Å². The van der Waals surface area contributed by atoms with Crippen LogP contribution in [0.15, 0.2) is 66.5 Å².